The standard InChI is InChI=1S/C41H74O8/c1-4-5-18-24-34(43)28-29-37-36(38(44)30-39(37)45)25-20-16-17-22-27-41(47)49-35(31-42)32-48-40(46)26-21-15-13-11-9-7-6-8-10-12-14-19-23-33(2)3/h28-29,33-37,39,42-43,45H,4-27,30-32H2,1-3H3/b29-28+/t34-,35-,36+,37+,39+/m0/s1. The fourth-order valence-electron chi connectivity index (χ4n) is 6.75. The zero-order valence-electron chi connectivity index (χ0n) is 31.6. The molecule has 49 heavy (non-hydrogen) atoms. The second-order valence-electron chi connectivity index (χ2n) is 15.0. The highest BCUT2D eigenvalue weighted by molar-refractivity contribution is 5.84. The van der Waals surface area contributed by atoms with Crippen LogP contribution >= 0.6 is 0 Å². The first kappa shape index (κ1) is 45.3. The Balaban J connectivity index is 2.08. The Morgan fingerprint density at radius 3 is 1.88 bits per heavy atom. The normalized spacial score (nSPS) is 19.2. The zero-order chi connectivity index (χ0) is 36.1. The van der Waals surface area contributed by atoms with Crippen LogP contribution in [0, 0.1) is 17.8 Å². The minimum atomic E-state index is -0.855. The van der Waals surface area contributed by atoms with E-state index in [-0.39, 0.29) is 43.0 Å². The van der Waals surface area contributed by atoms with Gasteiger partial charge in [-0.25, -0.2) is 0 Å². The van der Waals surface area contributed by atoms with Crippen molar-refractivity contribution in [3.8, 4) is 0 Å². The molecule has 0 saturated heterocycles. The van der Waals surface area contributed by atoms with E-state index in [2.05, 4.69) is 20.8 Å². The fraction of sp³-hybridized carbons (Fsp3) is 0.878. The predicted octanol–water partition coefficient (Wildman–Crippen LogP) is 8.96. The highest BCUT2D eigenvalue weighted by Gasteiger charge is 2.39. The average Bonchev–Trinajstić information content (AvgIpc) is 3.34. The molecule has 0 bridgehead atoms. The molecule has 8 nitrogen and oxygen atoms in total. The molecule has 0 amide bonds. The van der Waals surface area contributed by atoms with Gasteiger partial charge in [-0.1, -0.05) is 148 Å². The van der Waals surface area contributed by atoms with E-state index in [1.54, 1.807) is 6.08 Å². The molecule has 5 atom stereocenters. The quantitative estimate of drug-likeness (QED) is 0.0362. The molecule has 286 valence electrons. The van der Waals surface area contributed by atoms with E-state index in [4.69, 9.17) is 9.47 Å². The van der Waals surface area contributed by atoms with Crippen molar-refractivity contribution in [1.82, 2.24) is 0 Å². The SMILES string of the molecule is CCCCC[C@H](O)/C=C/[C@H]1[C@H](O)CC(=O)[C@@H]1CCCCCCC(=O)O[C@@H](CO)COC(=O)CCCCCCCCCCCCCCC(C)C. The van der Waals surface area contributed by atoms with Crippen LogP contribution in [0.1, 0.15) is 181 Å². The van der Waals surface area contributed by atoms with Gasteiger partial charge < -0.3 is 24.8 Å². The molecule has 1 rings (SSSR count). The van der Waals surface area contributed by atoms with E-state index in [9.17, 15) is 29.7 Å². The molecular weight excluding hydrogens is 620 g/mol. The number of hydrogen-bond acceptors (Lipinski definition) is 8. The van der Waals surface area contributed by atoms with Crippen molar-refractivity contribution in [2.75, 3.05) is 13.2 Å². The monoisotopic (exact) mass is 695 g/mol. The molecule has 1 saturated carbocycles. The summed E-state index contributed by atoms with van der Waals surface area (Å²) in [6.07, 6.45) is 26.0. The molecular formula is C41H74O8. The number of carbonyl (C=O) groups is 3. The first-order valence-electron chi connectivity index (χ1n) is 20.2. The summed E-state index contributed by atoms with van der Waals surface area (Å²) in [5.41, 5.74) is 0. The smallest absolute Gasteiger partial charge is 0.306 e. The Morgan fingerprint density at radius 1 is 0.776 bits per heavy atom. The van der Waals surface area contributed by atoms with E-state index < -0.39 is 30.9 Å². The summed E-state index contributed by atoms with van der Waals surface area (Å²) in [5, 5.41) is 30.2. The molecule has 0 aromatic carbocycles. The molecule has 1 aliphatic carbocycles. The summed E-state index contributed by atoms with van der Waals surface area (Å²) in [6, 6.07) is 0. The van der Waals surface area contributed by atoms with Gasteiger partial charge in [-0.05, 0) is 31.6 Å². The van der Waals surface area contributed by atoms with Gasteiger partial charge in [0, 0.05) is 31.1 Å². The summed E-state index contributed by atoms with van der Waals surface area (Å²) in [4.78, 5) is 36.9. The zero-order valence-corrected chi connectivity index (χ0v) is 31.6. The number of esters is 2. The molecule has 0 heterocycles. The summed E-state index contributed by atoms with van der Waals surface area (Å²) in [5.74, 6) is -0.324. The number of unbranched alkanes of at least 4 members (excludes halogenated alkanes) is 16. The molecule has 1 fully saturated rings. The topological polar surface area (TPSA) is 130 Å². The van der Waals surface area contributed by atoms with E-state index in [1.807, 2.05) is 6.08 Å². The molecule has 0 aliphatic heterocycles. The lowest BCUT2D eigenvalue weighted by Crippen LogP contribution is -2.28. The van der Waals surface area contributed by atoms with Crippen LogP contribution < -0.4 is 0 Å². The van der Waals surface area contributed by atoms with Gasteiger partial charge in [-0.3, -0.25) is 14.4 Å². The van der Waals surface area contributed by atoms with Gasteiger partial charge in [0.2, 0.25) is 0 Å². The second kappa shape index (κ2) is 29.9. The number of hydrogen-bond donors (Lipinski definition) is 3. The number of aliphatic hydroxyl groups excluding tert-OH is 3. The van der Waals surface area contributed by atoms with Crippen LogP contribution in [0.3, 0.4) is 0 Å². The van der Waals surface area contributed by atoms with Crippen molar-refractivity contribution in [2.45, 2.75) is 200 Å². The van der Waals surface area contributed by atoms with Gasteiger partial charge in [0.05, 0.1) is 18.8 Å². The summed E-state index contributed by atoms with van der Waals surface area (Å²) in [6.45, 7) is 6.18. The van der Waals surface area contributed by atoms with Gasteiger partial charge in [0.25, 0.3) is 0 Å². The number of ketones is 1. The van der Waals surface area contributed by atoms with Gasteiger partial charge >= 0.3 is 11.9 Å². The van der Waals surface area contributed by atoms with Crippen LogP contribution in [0.25, 0.3) is 0 Å². The van der Waals surface area contributed by atoms with Crippen LogP contribution in [-0.2, 0) is 23.9 Å². The maximum atomic E-state index is 12.5. The van der Waals surface area contributed by atoms with Crippen LogP contribution in [-0.4, -0.2) is 64.6 Å². The predicted molar refractivity (Wildman–Crippen MR) is 197 cm³/mol. The summed E-state index contributed by atoms with van der Waals surface area (Å²) >= 11 is 0. The first-order valence-corrected chi connectivity index (χ1v) is 20.2. The van der Waals surface area contributed by atoms with Crippen molar-refractivity contribution < 1.29 is 39.2 Å². The van der Waals surface area contributed by atoms with E-state index in [0.29, 0.717) is 25.7 Å². The maximum absolute atomic E-state index is 12.5. The first-order chi connectivity index (χ1) is 23.7. The molecule has 3 N–H and O–H groups in total. The van der Waals surface area contributed by atoms with Crippen LogP contribution in [0.5, 0.6) is 0 Å². The van der Waals surface area contributed by atoms with Gasteiger partial charge in [0.15, 0.2) is 6.10 Å². The van der Waals surface area contributed by atoms with Gasteiger partial charge in [0.1, 0.15) is 12.4 Å². The Bertz CT molecular complexity index is 872. The third-order valence-electron chi connectivity index (χ3n) is 9.88. The number of ether oxygens (including phenoxy) is 2. The Labute approximate surface area is 299 Å². The number of rotatable bonds is 32. The summed E-state index contributed by atoms with van der Waals surface area (Å²) < 4.78 is 10.6. The van der Waals surface area contributed by atoms with Crippen molar-refractivity contribution >= 4 is 17.7 Å². The van der Waals surface area contributed by atoms with Gasteiger partial charge in [-0.15, -0.1) is 0 Å². The van der Waals surface area contributed by atoms with Crippen molar-refractivity contribution in [2.24, 2.45) is 17.8 Å². The highest BCUT2D eigenvalue weighted by atomic mass is 16.6. The maximum Gasteiger partial charge on any atom is 0.306 e. The highest BCUT2D eigenvalue weighted by Crippen LogP contribution is 2.34. The third-order valence-corrected chi connectivity index (χ3v) is 9.88. The second-order valence-corrected chi connectivity index (χ2v) is 15.0. The Kier molecular flexibility index (Phi) is 27.6. The minimum Gasteiger partial charge on any atom is -0.462 e. The number of aliphatic hydroxyl groups is 3. The van der Waals surface area contributed by atoms with E-state index in [0.717, 1.165) is 63.7 Å². The average molecular weight is 695 g/mol. The van der Waals surface area contributed by atoms with Crippen molar-refractivity contribution in [3.05, 3.63) is 12.2 Å². The van der Waals surface area contributed by atoms with Crippen LogP contribution in [0.4, 0.5) is 0 Å². The molecule has 0 aromatic rings. The van der Waals surface area contributed by atoms with Crippen molar-refractivity contribution in [3.63, 3.8) is 0 Å². The number of carbonyl (C=O) groups excluding carboxylic acids is 3. The lowest BCUT2D eigenvalue weighted by molar-refractivity contribution is -0.161. The largest absolute Gasteiger partial charge is 0.462 e. The van der Waals surface area contributed by atoms with Gasteiger partial charge in [-0.2, -0.15) is 0 Å². The molecule has 1 aliphatic rings. The Morgan fingerprint density at radius 2 is 1.31 bits per heavy atom. The van der Waals surface area contributed by atoms with Crippen molar-refractivity contribution in [1.29, 1.82) is 0 Å². The number of Topliss-reactive ketones (excluding diaryl/α,β-unsaturated/α-hetero) is 1. The molecule has 0 aromatic heterocycles. The third kappa shape index (κ3) is 24.1. The fourth-order valence-corrected chi connectivity index (χ4v) is 6.75. The minimum absolute atomic E-state index is 0.0800. The lowest BCUT2D eigenvalue weighted by atomic mass is 9.88. The molecule has 0 radical (unpaired) electrons. The molecule has 0 unspecified atom stereocenters. The molecule has 0 spiro atoms. The lowest BCUT2D eigenvalue weighted by Gasteiger charge is -2.18. The van der Waals surface area contributed by atoms with Crippen LogP contribution in [0.2, 0.25) is 0 Å². The summed E-state index contributed by atoms with van der Waals surface area (Å²) in [7, 11) is 0. The van der Waals surface area contributed by atoms with E-state index >= 15 is 0 Å². The molecule has 8 heteroatoms. The Hall–Kier alpha value is -1.77. The van der Waals surface area contributed by atoms with E-state index in [1.165, 1.54) is 64.2 Å². The van der Waals surface area contributed by atoms with Crippen LogP contribution in [0.15, 0.2) is 12.2 Å².